The minimum atomic E-state index is -0.0567. The lowest BCUT2D eigenvalue weighted by Gasteiger charge is -2.24. The normalized spacial score (nSPS) is 16.0. The highest BCUT2D eigenvalue weighted by atomic mass is 35.5. The minimum absolute atomic E-state index is 0.0567. The van der Waals surface area contributed by atoms with Gasteiger partial charge >= 0.3 is 0 Å². The maximum atomic E-state index is 9.02. The highest BCUT2D eigenvalue weighted by molar-refractivity contribution is 7.99. The fourth-order valence-electron chi connectivity index (χ4n) is 2.13. The van der Waals surface area contributed by atoms with Crippen LogP contribution in [0, 0.1) is 11.3 Å². The van der Waals surface area contributed by atoms with Gasteiger partial charge in [0.15, 0.2) is 0 Å². The second kappa shape index (κ2) is 6.52. The zero-order valence-electron chi connectivity index (χ0n) is 12.4. The van der Waals surface area contributed by atoms with Gasteiger partial charge in [0.05, 0.1) is 46.8 Å². The van der Waals surface area contributed by atoms with E-state index in [1.165, 1.54) is 14.2 Å². The Kier molecular flexibility index (Phi) is 4.46. The number of methoxy groups -OCH3 is 2. The van der Waals surface area contributed by atoms with E-state index in [0.29, 0.717) is 34.7 Å². The molecule has 6 nitrogen and oxygen atoms in total. The van der Waals surface area contributed by atoms with E-state index >= 15 is 0 Å². The van der Waals surface area contributed by atoms with Gasteiger partial charge in [0.25, 0.3) is 11.8 Å². The summed E-state index contributed by atoms with van der Waals surface area (Å²) in [6.45, 7) is 0.411. The molecule has 1 aliphatic heterocycles. The number of fused-ring (bicyclic) bond motifs is 1. The summed E-state index contributed by atoms with van der Waals surface area (Å²) in [5, 5.41) is 9.36. The van der Waals surface area contributed by atoms with Gasteiger partial charge in [-0.2, -0.15) is 5.26 Å². The molecule has 23 heavy (non-hydrogen) atoms. The molecule has 3 rings (SSSR count). The lowest BCUT2D eigenvalue weighted by Crippen LogP contribution is -2.14. The maximum Gasteiger partial charge on any atom is 0.278 e. The van der Waals surface area contributed by atoms with Crippen molar-refractivity contribution in [2.75, 3.05) is 20.8 Å². The number of hydrogen-bond donors (Lipinski definition) is 0. The van der Waals surface area contributed by atoms with Crippen molar-refractivity contribution in [3.63, 3.8) is 0 Å². The zero-order chi connectivity index (χ0) is 16.4. The first-order valence-electron chi connectivity index (χ1n) is 6.64. The molecule has 118 valence electrons. The fraction of sp³-hybridized carbons (Fsp3) is 0.267. The van der Waals surface area contributed by atoms with Gasteiger partial charge in [-0.3, -0.25) is 0 Å². The summed E-state index contributed by atoms with van der Waals surface area (Å²) in [6.07, 6.45) is 1.64. The summed E-state index contributed by atoms with van der Waals surface area (Å²) < 4.78 is 16.0. The van der Waals surface area contributed by atoms with Crippen molar-refractivity contribution < 1.29 is 14.2 Å². The van der Waals surface area contributed by atoms with Gasteiger partial charge in [-0.25, -0.2) is 9.97 Å². The molecule has 2 aromatic rings. The van der Waals surface area contributed by atoms with Crippen LogP contribution in [0.5, 0.6) is 17.5 Å². The molecule has 2 heterocycles. The van der Waals surface area contributed by atoms with Gasteiger partial charge in [0.1, 0.15) is 18.4 Å². The summed E-state index contributed by atoms with van der Waals surface area (Å²) in [5.41, 5.74) is 1.12. The minimum Gasteiger partial charge on any atom is -0.491 e. The lowest BCUT2D eigenvalue weighted by atomic mass is 10.2. The predicted octanol–water partition coefficient (Wildman–Crippen LogP) is 3.24. The highest BCUT2D eigenvalue weighted by Crippen LogP contribution is 2.46. The molecule has 0 unspecified atom stereocenters. The van der Waals surface area contributed by atoms with Gasteiger partial charge in [-0.1, -0.05) is 11.6 Å². The molecule has 0 aliphatic carbocycles. The molecule has 1 atom stereocenters. The largest absolute Gasteiger partial charge is 0.491 e. The Morgan fingerprint density at radius 1 is 1.35 bits per heavy atom. The van der Waals surface area contributed by atoms with Gasteiger partial charge in [-0.15, -0.1) is 11.8 Å². The van der Waals surface area contributed by atoms with Crippen LogP contribution in [0.1, 0.15) is 16.5 Å². The Hall–Kier alpha value is -2.17. The molecule has 8 heteroatoms. The van der Waals surface area contributed by atoms with Crippen LogP contribution in [0.25, 0.3) is 0 Å². The second-order valence-corrected chi connectivity index (χ2v) is 6.27. The van der Waals surface area contributed by atoms with Crippen molar-refractivity contribution in [3.05, 3.63) is 34.6 Å². The Balaban J connectivity index is 1.90. The SMILES string of the molecule is COc1ncc([C@@H]2COc3cc(C#N)c(Cl)cc3S2)nc1OC. The first-order chi connectivity index (χ1) is 11.2. The Bertz CT molecular complexity index is 794. The number of hydrogen-bond acceptors (Lipinski definition) is 7. The summed E-state index contributed by atoms with van der Waals surface area (Å²) in [7, 11) is 3.02. The molecule has 0 amide bonds. The number of thioether (sulfide) groups is 1. The van der Waals surface area contributed by atoms with Crippen molar-refractivity contribution in [1.29, 1.82) is 5.26 Å². The van der Waals surface area contributed by atoms with E-state index in [1.807, 2.05) is 6.07 Å². The summed E-state index contributed by atoms with van der Waals surface area (Å²) in [4.78, 5) is 9.48. The Morgan fingerprint density at radius 3 is 2.83 bits per heavy atom. The van der Waals surface area contributed by atoms with E-state index in [2.05, 4.69) is 9.97 Å². The number of nitrogens with zero attached hydrogens (tertiary/aromatic N) is 3. The standard InChI is InChI=1S/C15H12ClN3O3S/c1-20-14-15(21-2)19-10(6-18-14)13-7-22-11-3-8(5-17)9(16)4-12(11)23-13/h3-4,6,13H,7H2,1-2H3/t13-/m0/s1. The van der Waals surface area contributed by atoms with Crippen LogP contribution in [0.4, 0.5) is 0 Å². The van der Waals surface area contributed by atoms with Crippen LogP contribution in [-0.4, -0.2) is 30.8 Å². The quantitative estimate of drug-likeness (QED) is 0.841. The van der Waals surface area contributed by atoms with E-state index in [0.717, 1.165) is 10.6 Å². The topological polar surface area (TPSA) is 77.3 Å². The van der Waals surface area contributed by atoms with Crippen LogP contribution in [0.2, 0.25) is 5.02 Å². The maximum absolute atomic E-state index is 9.02. The molecule has 0 saturated heterocycles. The smallest absolute Gasteiger partial charge is 0.278 e. The lowest BCUT2D eigenvalue weighted by molar-refractivity contribution is 0.298. The molecule has 1 aromatic heterocycles. The number of rotatable bonds is 3. The summed E-state index contributed by atoms with van der Waals surface area (Å²) in [5.74, 6) is 1.31. The molecule has 0 bridgehead atoms. The molecule has 0 radical (unpaired) electrons. The fourth-order valence-corrected chi connectivity index (χ4v) is 3.49. The first kappa shape index (κ1) is 15.7. The molecule has 0 saturated carbocycles. The summed E-state index contributed by atoms with van der Waals surface area (Å²) >= 11 is 7.64. The molecule has 1 aliphatic rings. The average molecular weight is 350 g/mol. The summed E-state index contributed by atoms with van der Waals surface area (Å²) in [6, 6.07) is 5.43. The van der Waals surface area contributed by atoms with Crippen LogP contribution in [0.15, 0.2) is 23.2 Å². The van der Waals surface area contributed by atoms with Crippen LogP contribution in [-0.2, 0) is 0 Å². The van der Waals surface area contributed by atoms with Crippen molar-refractivity contribution in [2.45, 2.75) is 10.1 Å². The first-order valence-corrected chi connectivity index (χ1v) is 7.90. The van der Waals surface area contributed by atoms with Crippen LogP contribution >= 0.6 is 23.4 Å². The van der Waals surface area contributed by atoms with Crippen molar-refractivity contribution in [2.24, 2.45) is 0 Å². The number of aromatic nitrogens is 2. The van der Waals surface area contributed by atoms with E-state index < -0.39 is 0 Å². The average Bonchev–Trinajstić information content (AvgIpc) is 2.59. The third-order valence-electron chi connectivity index (χ3n) is 3.26. The molecular formula is C15H12ClN3O3S. The van der Waals surface area contributed by atoms with Gasteiger partial charge < -0.3 is 14.2 Å². The number of ether oxygens (including phenoxy) is 3. The molecule has 0 N–H and O–H groups in total. The number of halogens is 1. The zero-order valence-corrected chi connectivity index (χ0v) is 13.9. The molecule has 0 spiro atoms. The number of benzene rings is 1. The van der Waals surface area contributed by atoms with Gasteiger partial charge in [-0.05, 0) is 6.07 Å². The predicted molar refractivity (Wildman–Crippen MR) is 85.4 cm³/mol. The van der Waals surface area contributed by atoms with E-state index in [-0.39, 0.29) is 5.25 Å². The Labute approximate surface area is 142 Å². The van der Waals surface area contributed by atoms with Crippen LogP contribution in [0.3, 0.4) is 0 Å². The number of nitriles is 1. The van der Waals surface area contributed by atoms with Crippen molar-refractivity contribution in [1.82, 2.24) is 9.97 Å². The molecule has 0 fully saturated rings. The third-order valence-corrected chi connectivity index (χ3v) is 4.81. The third kappa shape index (κ3) is 3.00. The second-order valence-electron chi connectivity index (χ2n) is 4.62. The molecular weight excluding hydrogens is 338 g/mol. The van der Waals surface area contributed by atoms with Gasteiger partial charge in [0, 0.05) is 6.07 Å². The van der Waals surface area contributed by atoms with Crippen LogP contribution < -0.4 is 14.2 Å². The Morgan fingerprint density at radius 2 is 2.13 bits per heavy atom. The van der Waals surface area contributed by atoms with Crippen molar-refractivity contribution in [3.8, 4) is 23.6 Å². The van der Waals surface area contributed by atoms with Crippen molar-refractivity contribution >= 4 is 23.4 Å². The van der Waals surface area contributed by atoms with E-state index in [4.69, 9.17) is 31.1 Å². The highest BCUT2D eigenvalue weighted by Gasteiger charge is 2.26. The van der Waals surface area contributed by atoms with Gasteiger partial charge in [0.2, 0.25) is 0 Å². The monoisotopic (exact) mass is 349 g/mol. The van der Waals surface area contributed by atoms with E-state index in [9.17, 15) is 0 Å². The van der Waals surface area contributed by atoms with E-state index in [1.54, 1.807) is 30.1 Å². The molecule has 1 aromatic carbocycles.